The highest BCUT2D eigenvalue weighted by molar-refractivity contribution is 5.96. The van der Waals surface area contributed by atoms with Crippen LogP contribution in [0.4, 0.5) is 5.69 Å². The molecule has 2 aromatic carbocycles. The summed E-state index contributed by atoms with van der Waals surface area (Å²) in [6, 6.07) is 14.6. The molecule has 1 saturated carbocycles. The number of phenols is 1. The van der Waals surface area contributed by atoms with Crippen molar-refractivity contribution in [3.05, 3.63) is 53.6 Å². The standard InChI is InChI=1S/C22H22N2O3/c23-13-15-4-3-5-18(10-15)24-14-17(12-22(24)26)16-8-9-20(25)21(11-16)27-19-6-1-2-7-19/h3-5,8-11,17,19,25H,1-2,6-7,12,14H2/t17-/m0/s1. The number of anilines is 1. The summed E-state index contributed by atoms with van der Waals surface area (Å²) < 4.78 is 5.99. The number of ether oxygens (including phenoxy) is 1. The van der Waals surface area contributed by atoms with Crippen molar-refractivity contribution < 1.29 is 14.6 Å². The number of hydrogen-bond acceptors (Lipinski definition) is 4. The molecule has 1 aliphatic heterocycles. The summed E-state index contributed by atoms with van der Waals surface area (Å²) in [7, 11) is 0. The number of phenolic OH excluding ortho intramolecular Hbond substituents is 1. The summed E-state index contributed by atoms with van der Waals surface area (Å²) in [5.74, 6) is 0.738. The maximum atomic E-state index is 12.6. The van der Waals surface area contributed by atoms with Gasteiger partial charge in [-0.05, 0) is 61.6 Å². The van der Waals surface area contributed by atoms with Gasteiger partial charge in [-0.25, -0.2) is 0 Å². The molecule has 1 N–H and O–H groups in total. The molecule has 0 aromatic heterocycles. The number of benzene rings is 2. The summed E-state index contributed by atoms with van der Waals surface area (Å²) >= 11 is 0. The van der Waals surface area contributed by atoms with Crippen molar-refractivity contribution in [1.29, 1.82) is 5.26 Å². The Morgan fingerprint density at radius 1 is 1.15 bits per heavy atom. The second kappa shape index (κ2) is 7.32. The molecule has 1 amide bonds. The third-order valence-electron chi connectivity index (χ3n) is 5.46. The summed E-state index contributed by atoms with van der Waals surface area (Å²) in [6.45, 7) is 0.557. The molecule has 5 heteroatoms. The first-order chi connectivity index (χ1) is 13.1. The predicted molar refractivity (Wildman–Crippen MR) is 102 cm³/mol. The molecule has 2 fully saturated rings. The third kappa shape index (κ3) is 3.61. The molecule has 0 bridgehead atoms. The van der Waals surface area contributed by atoms with Gasteiger partial charge >= 0.3 is 0 Å². The second-order valence-electron chi connectivity index (χ2n) is 7.32. The number of aromatic hydroxyl groups is 1. The largest absolute Gasteiger partial charge is 0.504 e. The van der Waals surface area contributed by atoms with E-state index < -0.39 is 0 Å². The third-order valence-corrected chi connectivity index (χ3v) is 5.46. The van der Waals surface area contributed by atoms with Crippen LogP contribution in [0.25, 0.3) is 0 Å². The summed E-state index contributed by atoms with van der Waals surface area (Å²) in [5, 5.41) is 19.2. The Morgan fingerprint density at radius 2 is 1.96 bits per heavy atom. The van der Waals surface area contributed by atoms with Crippen LogP contribution in [0.15, 0.2) is 42.5 Å². The van der Waals surface area contributed by atoms with Gasteiger partial charge in [0.1, 0.15) is 0 Å². The zero-order valence-electron chi connectivity index (χ0n) is 15.1. The monoisotopic (exact) mass is 362 g/mol. The highest BCUT2D eigenvalue weighted by atomic mass is 16.5. The molecular formula is C22H22N2O3. The van der Waals surface area contributed by atoms with Gasteiger partial charge in [-0.3, -0.25) is 4.79 Å². The maximum Gasteiger partial charge on any atom is 0.227 e. The maximum absolute atomic E-state index is 12.6. The minimum Gasteiger partial charge on any atom is -0.504 e. The van der Waals surface area contributed by atoms with E-state index in [1.165, 1.54) is 12.8 Å². The van der Waals surface area contributed by atoms with Crippen LogP contribution < -0.4 is 9.64 Å². The molecule has 0 spiro atoms. The summed E-state index contributed by atoms with van der Waals surface area (Å²) in [6.07, 6.45) is 4.95. The molecule has 1 saturated heterocycles. The van der Waals surface area contributed by atoms with Gasteiger partial charge in [0.25, 0.3) is 0 Å². The van der Waals surface area contributed by atoms with E-state index in [0.29, 0.717) is 24.3 Å². The van der Waals surface area contributed by atoms with Gasteiger partial charge in [0.05, 0.1) is 17.7 Å². The smallest absolute Gasteiger partial charge is 0.227 e. The Hall–Kier alpha value is -3.00. The van der Waals surface area contributed by atoms with E-state index in [9.17, 15) is 9.90 Å². The number of rotatable bonds is 4. The van der Waals surface area contributed by atoms with E-state index in [2.05, 4.69) is 6.07 Å². The Labute approximate surface area is 158 Å². The lowest BCUT2D eigenvalue weighted by Crippen LogP contribution is -2.24. The van der Waals surface area contributed by atoms with Crippen molar-refractivity contribution in [1.82, 2.24) is 0 Å². The average molecular weight is 362 g/mol. The molecule has 138 valence electrons. The molecule has 4 rings (SSSR count). The van der Waals surface area contributed by atoms with Crippen molar-refractivity contribution in [2.45, 2.75) is 44.1 Å². The number of amides is 1. The molecular weight excluding hydrogens is 340 g/mol. The SMILES string of the molecule is N#Cc1cccc(N2C[C@@H](c3ccc(O)c(OC4CCCC4)c3)CC2=O)c1. The topological polar surface area (TPSA) is 73.6 Å². The molecule has 2 aliphatic rings. The van der Waals surface area contributed by atoms with Crippen LogP contribution in [0.3, 0.4) is 0 Å². The van der Waals surface area contributed by atoms with Crippen LogP contribution >= 0.6 is 0 Å². The fourth-order valence-corrected chi connectivity index (χ4v) is 3.99. The van der Waals surface area contributed by atoms with Gasteiger partial charge in [-0.2, -0.15) is 5.26 Å². The lowest BCUT2D eigenvalue weighted by atomic mass is 9.98. The highest BCUT2D eigenvalue weighted by Gasteiger charge is 2.32. The molecule has 5 nitrogen and oxygen atoms in total. The second-order valence-corrected chi connectivity index (χ2v) is 7.32. The van der Waals surface area contributed by atoms with Crippen LogP contribution in [0, 0.1) is 11.3 Å². The van der Waals surface area contributed by atoms with Crippen molar-refractivity contribution in [2.75, 3.05) is 11.4 Å². The normalized spacial score (nSPS) is 20.0. The molecule has 0 unspecified atom stereocenters. The highest BCUT2D eigenvalue weighted by Crippen LogP contribution is 2.37. The molecule has 0 radical (unpaired) electrons. The van der Waals surface area contributed by atoms with Crippen molar-refractivity contribution in [3.8, 4) is 17.6 Å². The molecule has 1 atom stereocenters. The minimum absolute atomic E-state index is 0.0368. The van der Waals surface area contributed by atoms with Gasteiger partial charge in [-0.1, -0.05) is 12.1 Å². The number of carbonyl (C=O) groups excluding carboxylic acids is 1. The number of nitrogens with zero attached hydrogens (tertiary/aromatic N) is 2. The van der Waals surface area contributed by atoms with Crippen LogP contribution in [-0.4, -0.2) is 23.7 Å². The minimum atomic E-state index is 0.0368. The molecule has 27 heavy (non-hydrogen) atoms. The van der Waals surface area contributed by atoms with Gasteiger partial charge in [0, 0.05) is 24.6 Å². The van der Waals surface area contributed by atoms with Crippen molar-refractivity contribution >= 4 is 11.6 Å². The van der Waals surface area contributed by atoms with Crippen molar-refractivity contribution in [2.24, 2.45) is 0 Å². The Balaban J connectivity index is 1.54. The van der Waals surface area contributed by atoms with E-state index >= 15 is 0 Å². The molecule has 1 aliphatic carbocycles. The Bertz CT molecular complexity index is 897. The first-order valence-electron chi connectivity index (χ1n) is 9.44. The predicted octanol–water partition coefficient (Wildman–Crippen LogP) is 4.11. The van der Waals surface area contributed by atoms with Gasteiger partial charge in [0.15, 0.2) is 11.5 Å². The fraction of sp³-hybridized carbons (Fsp3) is 0.364. The number of carbonyl (C=O) groups is 1. The van der Waals surface area contributed by atoms with Crippen LogP contribution in [0.5, 0.6) is 11.5 Å². The first-order valence-corrected chi connectivity index (χ1v) is 9.44. The van der Waals surface area contributed by atoms with Crippen LogP contribution in [-0.2, 0) is 4.79 Å². The Kier molecular flexibility index (Phi) is 4.72. The fourth-order valence-electron chi connectivity index (χ4n) is 3.99. The van der Waals surface area contributed by atoms with E-state index in [4.69, 9.17) is 10.00 Å². The zero-order chi connectivity index (χ0) is 18.8. The van der Waals surface area contributed by atoms with Crippen LogP contribution in [0.2, 0.25) is 0 Å². The summed E-state index contributed by atoms with van der Waals surface area (Å²) in [5.41, 5.74) is 2.29. The van der Waals surface area contributed by atoms with E-state index in [-0.39, 0.29) is 23.7 Å². The quantitative estimate of drug-likeness (QED) is 0.888. The van der Waals surface area contributed by atoms with E-state index in [0.717, 1.165) is 24.1 Å². The van der Waals surface area contributed by atoms with Gasteiger partial charge in [0.2, 0.25) is 5.91 Å². The average Bonchev–Trinajstić information content (AvgIpc) is 3.33. The lowest BCUT2D eigenvalue weighted by Gasteiger charge is -2.18. The van der Waals surface area contributed by atoms with Crippen LogP contribution in [0.1, 0.15) is 49.1 Å². The molecule has 2 aromatic rings. The summed E-state index contributed by atoms with van der Waals surface area (Å²) in [4.78, 5) is 14.3. The van der Waals surface area contributed by atoms with Crippen molar-refractivity contribution in [3.63, 3.8) is 0 Å². The molecule has 1 heterocycles. The van der Waals surface area contributed by atoms with Gasteiger partial charge in [-0.15, -0.1) is 0 Å². The number of nitriles is 1. The lowest BCUT2D eigenvalue weighted by molar-refractivity contribution is -0.117. The first kappa shape index (κ1) is 17.4. The number of hydrogen-bond donors (Lipinski definition) is 1. The zero-order valence-corrected chi connectivity index (χ0v) is 15.1. The van der Waals surface area contributed by atoms with E-state index in [1.807, 2.05) is 18.2 Å². The van der Waals surface area contributed by atoms with E-state index in [1.54, 1.807) is 29.2 Å². The Morgan fingerprint density at radius 3 is 2.74 bits per heavy atom. The van der Waals surface area contributed by atoms with Gasteiger partial charge < -0.3 is 14.7 Å².